The Balaban J connectivity index is 1.81. The fourth-order valence-corrected chi connectivity index (χ4v) is 3.01. The van der Waals surface area contributed by atoms with Crippen LogP contribution in [0.4, 0.5) is 11.6 Å². The van der Waals surface area contributed by atoms with Crippen LogP contribution in [0, 0.1) is 10.1 Å². The smallest absolute Gasteiger partial charge is 0.269 e. The number of hydrogen-bond donors (Lipinski definition) is 1. The fraction of sp³-hybridized carbons (Fsp3) is 0. The lowest BCUT2D eigenvalue weighted by atomic mass is 10.0. The van der Waals surface area contributed by atoms with Gasteiger partial charge in [0.1, 0.15) is 5.58 Å². The highest BCUT2D eigenvalue weighted by Gasteiger charge is 2.19. The molecule has 0 fully saturated rings. The molecule has 1 aromatic heterocycles. The van der Waals surface area contributed by atoms with E-state index in [9.17, 15) is 19.7 Å². The first-order valence-electron chi connectivity index (χ1n) is 8.71. The predicted octanol–water partition coefficient (Wildman–Crippen LogP) is 4.62. The van der Waals surface area contributed by atoms with Crippen LogP contribution in [-0.2, 0) is 0 Å². The summed E-state index contributed by atoms with van der Waals surface area (Å²) >= 11 is 0. The second-order valence-corrected chi connectivity index (χ2v) is 6.26. The van der Waals surface area contributed by atoms with Crippen molar-refractivity contribution in [1.82, 2.24) is 0 Å². The van der Waals surface area contributed by atoms with Crippen molar-refractivity contribution in [1.29, 1.82) is 0 Å². The number of amides is 1. The van der Waals surface area contributed by atoms with E-state index in [0.29, 0.717) is 16.5 Å². The molecule has 0 aliphatic rings. The van der Waals surface area contributed by atoms with Gasteiger partial charge in [-0.3, -0.25) is 25.0 Å². The van der Waals surface area contributed by atoms with Crippen molar-refractivity contribution >= 4 is 28.4 Å². The zero-order chi connectivity index (χ0) is 20.4. The molecule has 0 saturated carbocycles. The topological polar surface area (TPSA) is 102 Å². The third-order valence-corrected chi connectivity index (χ3v) is 4.43. The number of hydrogen-bond acceptors (Lipinski definition) is 5. The number of nitro benzene ring substituents is 1. The van der Waals surface area contributed by atoms with Crippen LogP contribution in [0.1, 0.15) is 10.4 Å². The Labute approximate surface area is 164 Å². The van der Waals surface area contributed by atoms with E-state index >= 15 is 0 Å². The third kappa shape index (κ3) is 3.49. The highest BCUT2D eigenvalue weighted by atomic mass is 16.6. The Kier molecular flexibility index (Phi) is 4.62. The van der Waals surface area contributed by atoms with E-state index in [1.807, 2.05) is 6.07 Å². The van der Waals surface area contributed by atoms with Crippen LogP contribution in [0.3, 0.4) is 0 Å². The van der Waals surface area contributed by atoms with Crippen molar-refractivity contribution in [2.24, 2.45) is 0 Å². The Morgan fingerprint density at radius 3 is 2.24 bits per heavy atom. The highest BCUT2D eigenvalue weighted by molar-refractivity contribution is 6.06. The van der Waals surface area contributed by atoms with E-state index in [1.54, 1.807) is 48.5 Å². The highest BCUT2D eigenvalue weighted by Crippen LogP contribution is 2.29. The average Bonchev–Trinajstić information content (AvgIpc) is 2.74. The Morgan fingerprint density at radius 2 is 1.55 bits per heavy atom. The standard InChI is InChI=1S/C22H14N2O5/c25-20-17-8-4-5-9-18(17)29-22(19(20)14-6-2-1-3-7-14)23-21(26)15-10-12-16(13-11-15)24(27)28/h1-13H,(H,23,26). The lowest BCUT2D eigenvalue weighted by Gasteiger charge is -2.11. The van der Waals surface area contributed by atoms with Gasteiger partial charge in [0.25, 0.3) is 11.6 Å². The number of nitrogens with zero attached hydrogens (tertiary/aromatic N) is 1. The van der Waals surface area contributed by atoms with Gasteiger partial charge in [0.15, 0.2) is 0 Å². The third-order valence-electron chi connectivity index (χ3n) is 4.43. The van der Waals surface area contributed by atoms with Crippen molar-refractivity contribution in [3.8, 4) is 11.1 Å². The average molecular weight is 386 g/mol. The summed E-state index contributed by atoms with van der Waals surface area (Å²) in [7, 11) is 0. The molecule has 0 bridgehead atoms. The molecule has 1 N–H and O–H groups in total. The predicted molar refractivity (Wildman–Crippen MR) is 109 cm³/mol. The van der Waals surface area contributed by atoms with Gasteiger partial charge in [-0.1, -0.05) is 42.5 Å². The number of non-ortho nitro benzene ring substituents is 1. The molecule has 0 unspecified atom stereocenters. The first-order valence-corrected chi connectivity index (χ1v) is 8.71. The minimum Gasteiger partial charge on any atom is -0.439 e. The van der Waals surface area contributed by atoms with Crippen molar-refractivity contribution in [2.45, 2.75) is 0 Å². The summed E-state index contributed by atoms with van der Waals surface area (Å²) in [5.41, 5.74) is 0.993. The molecule has 4 aromatic rings. The van der Waals surface area contributed by atoms with Gasteiger partial charge >= 0.3 is 0 Å². The molecule has 0 aliphatic carbocycles. The fourth-order valence-electron chi connectivity index (χ4n) is 3.01. The van der Waals surface area contributed by atoms with Crippen LogP contribution in [0.25, 0.3) is 22.1 Å². The SMILES string of the molecule is O=C(Nc1oc2ccccc2c(=O)c1-c1ccccc1)c1ccc([N+](=O)[O-])cc1. The van der Waals surface area contributed by atoms with E-state index < -0.39 is 10.8 Å². The van der Waals surface area contributed by atoms with Crippen LogP contribution in [0.15, 0.2) is 88.1 Å². The van der Waals surface area contributed by atoms with Crippen LogP contribution in [0.5, 0.6) is 0 Å². The molecule has 7 heteroatoms. The molecular formula is C22H14N2O5. The van der Waals surface area contributed by atoms with Crippen LogP contribution in [0.2, 0.25) is 0 Å². The summed E-state index contributed by atoms with van der Waals surface area (Å²) < 4.78 is 5.84. The number of benzene rings is 3. The maximum Gasteiger partial charge on any atom is 0.269 e. The van der Waals surface area contributed by atoms with Crippen LogP contribution >= 0.6 is 0 Å². The summed E-state index contributed by atoms with van der Waals surface area (Å²) in [6.45, 7) is 0. The van der Waals surface area contributed by atoms with Crippen LogP contribution < -0.4 is 10.7 Å². The molecule has 3 aromatic carbocycles. The van der Waals surface area contributed by atoms with Gasteiger partial charge in [0, 0.05) is 17.7 Å². The van der Waals surface area contributed by atoms with Gasteiger partial charge in [-0.15, -0.1) is 0 Å². The summed E-state index contributed by atoms with van der Waals surface area (Å²) in [4.78, 5) is 36.0. The maximum absolute atomic E-state index is 13.1. The monoisotopic (exact) mass is 386 g/mol. The lowest BCUT2D eigenvalue weighted by molar-refractivity contribution is -0.384. The summed E-state index contributed by atoms with van der Waals surface area (Å²) in [5, 5.41) is 13.8. The first-order chi connectivity index (χ1) is 14.0. The molecule has 142 valence electrons. The van der Waals surface area contributed by atoms with Crippen molar-refractivity contribution in [3.05, 3.63) is 105 Å². The molecule has 0 radical (unpaired) electrons. The molecule has 4 rings (SSSR count). The maximum atomic E-state index is 13.1. The number of nitrogens with one attached hydrogen (secondary N) is 1. The van der Waals surface area contributed by atoms with Gasteiger partial charge in [-0.05, 0) is 29.8 Å². The normalized spacial score (nSPS) is 10.6. The lowest BCUT2D eigenvalue weighted by Crippen LogP contribution is -2.16. The number of anilines is 1. The quantitative estimate of drug-likeness (QED) is 0.407. The molecule has 0 saturated heterocycles. The minimum atomic E-state index is -0.546. The summed E-state index contributed by atoms with van der Waals surface area (Å²) in [5.74, 6) is -0.529. The van der Waals surface area contributed by atoms with Gasteiger partial charge in [-0.25, -0.2) is 0 Å². The zero-order valence-electron chi connectivity index (χ0n) is 15.0. The molecule has 0 atom stereocenters. The Hall–Kier alpha value is -4.26. The van der Waals surface area contributed by atoms with Gasteiger partial charge < -0.3 is 4.42 Å². The summed E-state index contributed by atoms with van der Waals surface area (Å²) in [6, 6.07) is 20.8. The molecule has 29 heavy (non-hydrogen) atoms. The number of rotatable bonds is 4. The van der Waals surface area contributed by atoms with Crippen molar-refractivity contribution in [3.63, 3.8) is 0 Å². The van der Waals surface area contributed by atoms with Crippen molar-refractivity contribution in [2.75, 3.05) is 5.32 Å². The molecule has 1 heterocycles. The molecular weight excluding hydrogens is 372 g/mol. The second kappa shape index (κ2) is 7.40. The molecule has 0 aliphatic heterocycles. The summed E-state index contributed by atoms with van der Waals surface area (Å²) in [6.07, 6.45) is 0. The van der Waals surface area contributed by atoms with Crippen molar-refractivity contribution < 1.29 is 14.1 Å². The van der Waals surface area contributed by atoms with Gasteiger partial charge in [0.05, 0.1) is 15.9 Å². The largest absolute Gasteiger partial charge is 0.439 e. The van der Waals surface area contributed by atoms with Gasteiger partial charge in [0.2, 0.25) is 11.3 Å². The number of carbonyl (C=O) groups excluding carboxylic acids is 1. The number of para-hydroxylation sites is 1. The minimum absolute atomic E-state index is 0.0169. The first kappa shape index (κ1) is 18.1. The molecule has 1 amide bonds. The Morgan fingerprint density at radius 1 is 0.897 bits per heavy atom. The molecule has 0 spiro atoms. The second-order valence-electron chi connectivity index (χ2n) is 6.26. The molecule has 7 nitrogen and oxygen atoms in total. The van der Waals surface area contributed by atoms with E-state index in [1.165, 1.54) is 24.3 Å². The van der Waals surface area contributed by atoms with Gasteiger partial charge in [-0.2, -0.15) is 0 Å². The number of fused-ring (bicyclic) bond motifs is 1. The Bertz CT molecular complexity index is 1280. The van der Waals surface area contributed by atoms with E-state index in [4.69, 9.17) is 4.42 Å². The van der Waals surface area contributed by atoms with E-state index in [0.717, 1.165) is 0 Å². The number of nitro groups is 1. The van der Waals surface area contributed by atoms with Crippen LogP contribution in [-0.4, -0.2) is 10.8 Å². The van der Waals surface area contributed by atoms with E-state index in [2.05, 4.69) is 5.32 Å². The zero-order valence-corrected chi connectivity index (χ0v) is 15.0. The number of carbonyl (C=O) groups is 1. The van der Waals surface area contributed by atoms with E-state index in [-0.39, 0.29) is 28.1 Å².